The van der Waals surface area contributed by atoms with Crippen LogP contribution in [0, 0.1) is 0 Å². The second kappa shape index (κ2) is 13.1. The fourth-order valence-electron chi connectivity index (χ4n) is 4.44. The van der Waals surface area contributed by atoms with Crippen molar-refractivity contribution < 1.29 is 33.4 Å². The number of Topliss-reactive ketones (excluding diaryl/α,β-unsaturated/α-hetero) is 1. The van der Waals surface area contributed by atoms with E-state index in [0.29, 0.717) is 19.4 Å². The summed E-state index contributed by atoms with van der Waals surface area (Å²) in [6.45, 7) is 5.67. The number of hydrogen-bond donors (Lipinski definition) is 1. The molecular formula is C32H34N2O7. The summed E-state index contributed by atoms with van der Waals surface area (Å²) in [5.74, 6) is -1.04. The molecule has 9 heteroatoms. The SMILES string of the molecule is CC(C)(C)OC(=O)Nc1cc(C(=O)OCc2ccccc2)cc(C(=O)[C@@H]2CCCN2C(=O)OCc2ccccc2)c1. The first-order valence-corrected chi connectivity index (χ1v) is 13.5. The maximum absolute atomic E-state index is 13.7. The van der Waals surface area contributed by atoms with Crippen molar-refractivity contribution in [1.82, 2.24) is 4.90 Å². The van der Waals surface area contributed by atoms with Crippen LogP contribution in [0.15, 0.2) is 78.9 Å². The molecule has 41 heavy (non-hydrogen) atoms. The predicted octanol–water partition coefficient (Wildman–Crippen LogP) is 6.37. The van der Waals surface area contributed by atoms with Crippen molar-refractivity contribution in [3.63, 3.8) is 0 Å². The number of hydrogen-bond acceptors (Lipinski definition) is 7. The van der Waals surface area contributed by atoms with Gasteiger partial charge in [0.05, 0.1) is 11.6 Å². The largest absolute Gasteiger partial charge is 0.457 e. The summed E-state index contributed by atoms with van der Waals surface area (Å²) in [4.78, 5) is 53.5. The van der Waals surface area contributed by atoms with E-state index in [9.17, 15) is 19.2 Å². The number of amides is 2. The summed E-state index contributed by atoms with van der Waals surface area (Å²) in [6, 6.07) is 22.0. The average Bonchev–Trinajstić information content (AvgIpc) is 3.44. The second-order valence-electron chi connectivity index (χ2n) is 10.7. The van der Waals surface area contributed by atoms with Gasteiger partial charge in [-0.3, -0.25) is 15.0 Å². The number of carbonyl (C=O) groups is 4. The molecule has 1 aliphatic rings. The molecule has 4 rings (SSSR count). The standard InChI is InChI=1S/C32H34N2O7/c1-32(2,3)41-30(37)33-26-18-24(17-25(19-26)29(36)39-20-22-11-6-4-7-12-22)28(35)27-15-10-16-34(27)31(38)40-21-23-13-8-5-9-14-23/h4-9,11-14,17-19,27H,10,15-16,20-21H2,1-3H3,(H,33,37)/t27-/m0/s1. The third-order valence-corrected chi connectivity index (χ3v) is 6.31. The second-order valence-corrected chi connectivity index (χ2v) is 10.7. The Kier molecular flexibility index (Phi) is 9.39. The van der Waals surface area contributed by atoms with E-state index < -0.39 is 29.8 Å². The van der Waals surface area contributed by atoms with Crippen LogP contribution >= 0.6 is 0 Å². The van der Waals surface area contributed by atoms with Gasteiger partial charge in [0.1, 0.15) is 18.8 Å². The molecule has 0 spiro atoms. The van der Waals surface area contributed by atoms with Crippen LogP contribution in [-0.2, 0) is 27.4 Å². The first-order chi connectivity index (χ1) is 19.6. The Morgan fingerprint density at radius 1 is 0.829 bits per heavy atom. The van der Waals surface area contributed by atoms with Gasteiger partial charge in [0.2, 0.25) is 0 Å². The minimum Gasteiger partial charge on any atom is -0.457 e. The Morgan fingerprint density at radius 2 is 1.41 bits per heavy atom. The summed E-state index contributed by atoms with van der Waals surface area (Å²) in [5, 5.41) is 2.60. The summed E-state index contributed by atoms with van der Waals surface area (Å²) in [6.07, 6.45) is -0.261. The number of rotatable bonds is 8. The molecule has 0 bridgehead atoms. The van der Waals surface area contributed by atoms with Crippen molar-refractivity contribution in [1.29, 1.82) is 0 Å². The molecule has 3 aromatic carbocycles. The highest BCUT2D eigenvalue weighted by Crippen LogP contribution is 2.26. The number of anilines is 1. The number of esters is 1. The summed E-state index contributed by atoms with van der Waals surface area (Å²) < 4.78 is 16.3. The van der Waals surface area contributed by atoms with Crippen molar-refractivity contribution in [2.24, 2.45) is 0 Å². The van der Waals surface area contributed by atoms with E-state index in [2.05, 4.69) is 5.32 Å². The molecule has 3 aromatic rings. The number of carbonyl (C=O) groups excluding carboxylic acids is 4. The highest BCUT2D eigenvalue weighted by molar-refractivity contribution is 6.05. The molecule has 1 fully saturated rings. The lowest BCUT2D eigenvalue weighted by atomic mass is 9.99. The fraction of sp³-hybridized carbons (Fsp3) is 0.312. The van der Waals surface area contributed by atoms with E-state index in [-0.39, 0.29) is 35.8 Å². The van der Waals surface area contributed by atoms with Crippen LogP contribution in [0.5, 0.6) is 0 Å². The van der Waals surface area contributed by atoms with Gasteiger partial charge in [0, 0.05) is 17.8 Å². The first-order valence-electron chi connectivity index (χ1n) is 13.5. The van der Waals surface area contributed by atoms with Crippen molar-refractivity contribution in [3.05, 3.63) is 101 Å². The van der Waals surface area contributed by atoms with Gasteiger partial charge in [-0.1, -0.05) is 60.7 Å². The van der Waals surface area contributed by atoms with Crippen LogP contribution in [0.1, 0.15) is 65.5 Å². The zero-order valence-electron chi connectivity index (χ0n) is 23.4. The van der Waals surface area contributed by atoms with Gasteiger partial charge in [0.15, 0.2) is 5.78 Å². The molecule has 9 nitrogen and oxygen atoms in total. The molecule has 1 heterocycles. The van der Waals surface area contributed by atoms with Crippen molar-refractivity contribution in [2.75, 3.05) is 11.9 Å². The van der Waals surface area contributed by atoms with E-state index in [1.807, 2.05) is 60.7 Å². The third kappa shape index (κ3) is 8.41. The van der Waals surface area contributed by atoms with Gasteiger partial charge in [-0.25, -0.2) is 14.4 Å². The quantitative estimate of drug-likeness (QED) is 0.194. The van der Waals surface area contributed by atoms with Gasteiger partial charge in [-0.15, -0.1) is 0 Å². The van der Waals surface area contributed by atoms with Gasteiger partial charge < -0.3 is 14.2 Å². The Labute approximate surface area is 239 Å². The maximum Gasteiger partial charge on any atom is 0.412 e. The molecule has 1 saturated heterocycles. The van der Waals surface area contributed by atoms with Gasteiger partial charge in [0.25, 0.3) is 0 Å². The van der Waals surface area contributed by atoms with Crippen LogP contribution in [0.2, 0.25) is 0 Å². The van der Waals surface area contributed by atoms with Gasteiger partial charge in [-0.05, 0) is 62.9 Å². The Hall–Kier alpha value is -4.66. The summed E-state index contributed by atoms with van der Waals surface area (Å²) in [7, 11) is 0. The Bertz CT molecular complexity index is 1380. The zero-order valence-corrected chi connectivity index (χ0v) is 23.4. The molecule has 1 N–H and O–H groups in total. The smallest absolute Gasteiger partial charge is 0.412 e. The van der Waals surface area contributed by atoms with E-state index in [0.717, 1.165) is 11.1 Å². The molecular weight excluding hydrogens is 524 g/mol. The highest BCUT2D eigenvalue weighted by Gasteiger charge is 2.36. The lowest BCUT2D eigenvalue weighted by molar-refractivity contribution is 0.0471. The van der Waals surface area contributed by atoms with E-state index in [1.54, 1.807) is 20.8 Å². The van der Waals surface area contributed by atoms with E-state index in [1.165, 1.54) is 23.1 Å². The van der Waals surface area contributed by atoms with Crippen molar-refractivity contribution >= 4 is 29.6 Å². The number of nitrogens with one attached hydrogen (secondary N) is 1. The fourth-order valence-corrected chi connectivity index (χ4v) is 4.44. The summed E-state index contributed by atoms with van der Waals surface area (Å²) >= 11 is 0. The number of ether oxygens (including phenoxy) is 3. The number of ketones is 1. The lowest BCUT2D eigenvalue weighted by Gasteiger charge is -2.23. The van der Waals surface area contributed by atoms with Crippen LogP contribution in [-0.4, -0.2) is 47.0 Å². The number of nitrogens with zero attached hydrogens (tertiary/aromatic N) is 1. The Morgan fingerprint density at radius 3 is 2.02 bits per heavy atom. The molecule has 2 amide bonds. The van der Waals surface area contributed by atoms with Crippen LogP contribution < -0.4 is 5.32 Å². The molecule has 1 atom stereocenters. The Balaban J connectivity index is 1.54. The monoisotopic (exact) mass is 558 g/mol. The first kappa shape index (κ1) is 29.3. The zero-order chi connectivity index (χ0) is 29.4. The molecule has 0 unspecified atom stereocenters. The number of benzene rings is 3. The lowest BCUT2D eigenvalue weighted by Crippen LogP contribution is -2.41. The van der Waals surface area contributed by atoms with E-state index in [4.69, 9.17) is 14.2 Å². The normalized spacial score (nSPS) is 14.7. The molecule has 1 aliphatic heterocycles. The van der Waals surface area contributed by atoms with E-state index >= 15 is 0 Å². The molecule has 0 radical (unpaired) electrons. The maximum atomic E-state index is 13.7. The van der Waals surface area contributed by atoms with Gasteiger partial charge >= 0.3 is 18.2 Å². The molecule has 0 aromatic heterocycles. The van der Waals surface area contributed by atoms with Crippen LogP contribution in [0.3, 0.4) is 0 Å². The van der Waals surface area contributed by atoms with Crippen LogP contribution in [0.4, 0.5) is 15.3 Å². The highest BCUT2D eigenvalue weighted by atomic mass is 16.6. The van der Waals surface area contributed by atoms with Crippen molar-refractivity contribution in [3.8, 4) is 0 Å². The van der Waals surface area contributed by atoms with Gasteiger partial charge in [-0.2, -0.15) is 0 Å². The van der Waals surface area contributed by atoms with Crippen molar-refractivity contribution in [2.45, 2.75) is 58.5 Å². The molecule has 0 aliphatic carbocycles. The third-order valence-electron chi connectivity index (χ3n) is 6.31. The predicted molar refractivity (Wildman–Crippen MR) is 153 cm³/mol. The topological polar surface area (TPSA) is 111 Å². The van der Waals surface area contributed by atoms with Crippen LogP contribution in [0.25, 0.3) is 0 Å². The summed E-state index contributed by atoms with van der Waals surface area (Å²) in [5.41, 5.74) is 1.30. The average molecular weight is 559 g/mol. The molecule has 214 valence electrons. The minimum absolute atomic E-state index is 0.0380. The molecule has 0 saturated carbocycles. The minimum atomic E-state index is -0.775. The number of likely N-dealkylation sites (tertiary alicyclic amines) is 1.